The first-order chi connectivity index (χ1) is 7.58. The van der Waals surface area contributed by atoms with E-state index in [0.717, 1.165) is 19.5 Å². The fourth-order valence-electron chi connectivity index (χ4n) is 2.39. The summed E-state index contributed by atoms with van der Waals surface area (Å²) in [5.41, 5.74) is 0. The van der Waals surface area contributed by atoms with Crippen LogP contribution in [0.4, 0.5) is 0 Å². The van der Waals surface area contributed by atoms with Gasteiger partial charge >= 0.3 is 0 Å². The zero-order valence-electron chi connectivity index (χ0n) is 10.6. The molecule has 2 unspecified atom stereocenters. The molecular formula is C12H23N3O. The van der Waals surface area contributed by atoms with Gasteiger partial charge in [0.2, 0.25) is 5.91 Å². The standard InChI is InChI=1S/C12H23N3O/c1-9-6-7-15(10-4-5-10)12(16)11(13-9)8-14(2)3/h9-11,13H,4-8H2,1-3H3. The van der Waals surface area contributed by atoms with Gasteiger partial charge in [-0.3, -0.25) is 4.79 Å². The molecule has 1 aliphatic carbocycles. The van der Waals surface area contributed by atoms with Gasteiger partial charge in [0.25, 0.3) is 0 Å². The van der Waals surface area contributed by atoms with Crippen molar-refractivity contribution in [1.29, 1.82) is 0 Å². The molecule has 1 heterocycles. The molecule has 0 aromatic rings. The van der Waals surface area contributed by atoms with Crippen LogP contribution in [0.5, 0.6) is 0 Å². The zero-order valence-corrected chi connectivity index (χ0v) is 10.6. The van der Waals surface area contributed by atoms with Gasteiger partial charge < -0.3 is 15.1 Å². The molecule has 2 fully saturated rings. The minimum Gasteiger partial charge on any atom is -0.338 e. The molecule has 1 amide bonds. The largest absolute Gasteiger partial charge is 0.338 e. The molecular weight excluding hydrogens is 202 g/mol. The van der Waals surface area contributed by atoms with Gasteiger partial charge in [0.1, 0.15) is 0 Å². The third kappa shape index (κ3) is 2.74. The molecule has 2 rings (SSSR count). The maximum atomic E-state index is 12.3. The molecule has 2 aliphatic rings. The van der Waals surface area contributed by atoms with Crippen molar-refractivity contribution < 1.29 is 4.79 Å². The maximum Gasteiger partial charge on any atom is 0.241 e. The summed E-state index contributed by atoms with van der Waals surface area (Å²) in [5, 5.41) is 3.44. The van der Waals surface area contributed by atoms with Crippen LogP contribution in [0, 0.1) is 0 Å². The van der Waals surface area contributed by atoms with Crippen molar-refractivity contribution in [2.75, 3.05) is 27.2 Å². The SMILES string of the molecule is CC1CCN(C2CC2)C(=O)C(CN(C)C)N1. The molecule has 1 saturated carbocycles. The Morgan fingerprint density at radius 3 is 2.62 bits per heavy atom. The first-order valence-electron chi connectivity index (χ1n) is 6.29. The summed E-state index contributed by atoms with van der Waals surface area (Å²) in [6, 6.07) is 0.968. The topological polar surface area (TPSA) is 35.6 Å². The fourth-order valence-corrected chi connectivity index (χ4v) is 2.39. The Bertz CT molecular complexity index is 263. The average Bonchev–Trinajstić information content (AvgIpc) is 2.98. The molecule has 16 heavy (non-hydrogen) atoms. The molecule has 4 nitrogen and oxygen atoms in total. The number of hydrogen-bond acceptors (Lipinski definition) is 3. The third-order valence-corrected chi connectivity index (χ3v) is 3.41. The fraction of sp³-hybridized carbons (Fsp3) is 0.917. The lowest BCUT2D eigenvalue weighted by Gasteiger charge is -2.26. The van der Waals surface area contributed by atoms with E-state index in [2.05, 4.69) is 22.0 Å². The van der Waals surface area contributed by atoms with Crippen LogP contribution in [0.25, 0.3) is 0 Å². The molecule has 0 spiro atoms. The zero-order chi connectivity index (χ0) is 11.7. The molecule has 0 bridgehead atoms. The molecule has 1 aliphatic heterocycles. The second-order valence-electron chi connectivity index (χ2n) is 5.43. The second-order valence-corrected chi connectivity index (χ2v) is 5.43. The van der Waals surface area contributed by atoms with Crippen molar-refractivity contribution in [3.8, 4) is 0 Å². The Balaban J connectivity index is 2.04. The number of nitrogens with zero attached hydrogens (tertiary/aromatic N) is 2. The highest BCUT2D eigenvalue weighted by Crippen LogP contribution is 2.28. The van der Waals surface area contributed by atoms with Gasteiger partial charge in [0.15, 0.2) is 0 Å². The Kier molecular flexibility index (Phi) is 3.50. The molecule has 1 N–H and O–H groups in total. The highest BCUT2D eigenvalue weighted by atomic mass is 16.2. The molecule has 92 valence electrons. The number of amides is 1. The average molecular weight is 225 g/mol. The lowest BCUT2D eigenvalue weighted by molar-refractivity contribution is -0.133. The van der Waals surface area contributed by atoms with Crippen LogP contribution in [0.15, 0.2) is 0 Å². The summed E-state index contributed by atoms with van der Waals surface area (Å²) in [6.45, 7) is 3.90. The highest BCUT2D eigenvalue weighted by molar-refractivity contribution is 5.83. The van der Waals surface area contributed by atoms with E-state index in [1.165, 1.54) is 12.8 Å². The summed E-state index contributed by atoms with van der Waals surface area (Å²) >= 11 is 0. The van der Waals surface area contributed by atoms with E-state index in [1.807, 2.05) is 14.1 Å². The van der Waals surface area contributed by atoms with E-state index in [1.54, 1.807) is 0 Å². The number of hydrogen-bond donors (Lipinski definition) is 1. The molecule has 0 aromatic carbocycles. The van der Waals surface area contributed by atoms with Crippen molar-refractivity contribution >= 4 is 5.91 Å². The Hall–Kier alpha value is -0.610. The van der Waals surface area contributed by atoms with Crippen LogP contribution in [-0.4, -0.2) is 61.0 Å². The quantitative estimate of drug-likeness (QED) is 0.750. The monoisotopic (exact) mass is 225 g/mol. The number of likely N-dealkylation sites (N-methyl/N-ethyl adjacent to an activating group) is 1. The Labute approximate surface area is 98.0 Å². The summed E-state index contributed by atoms with van der Waals surface area (Å²) in [6.07, 6.45) is 3.48. The number of rotatable bonds is 3. The summed E-state index contributed by atoms with van der Waals surface area (Å²) in [4.78, 5) is 16.5. The van der Waals surface area contributed by atoms with Crippen LogP contribution in [0.3, 0.4) is 0 Å². The number of nitrogens with one attached hydrogen (secondary N) is 1. The predicted octanol–water partition coefficient (Wildman–Crippen LogP) is 0.289. The lowest BCUT2D eigenvalue weighted by Crippen LogP contribution is -2.50. The van der Waals surface area contributed by atoms with Gasteiger partial charge in [-0.2, -0.15) is 0 Å². The molecule has 0 aromatic heterocycles. The van der Waals surface area contributed by atoms with Crippen LogP contribution in [0.2, 0.25) is 0 Å². The summed E-state index contributed by atoms with van der Waals surface area (Å²) in [5.74, 6) is 0.306. The third-order valence-electron chi connectivity index (χ3n) is 3.41. The molecule has 0 radical (unpaired) electrons. The van der Waals surface area contributed by atoms with Crippen LogP contribution >= 0.6 is 0 Å². The minimum absolute atomic E-state index is 0.0203. The molecule has 4 heteroatoms. The predicted molar refractivity (Wildman–Crippen MR) is 64.3 cm³/mol. The normalized spacial score (nSPS) is 32.0. The first-order valence-corrected chi connectivity index (χ1v) is 6.29. The van der Waals surface area contributed by atoms with Crippen LogP contribution in [0.1, 0.15) is 26.2 Å². The van der Waals surface area contributed by atoms with Crippen molar-refractivity contribution in [2.45, 2.75) is 44.3 Å². The molecule has 2 atom stereocenters. The Morgan fingerprint density at radius 2 is 2.06 bits per heavy atom. The number of carbonyl (C=O) groups excluding carboxylic acids is 1. The van der Waals surface area contributed by atoms with E-state index in [-0.39, 0.29) is 6.04 Å². The summed E-state index contributed by atoms with van der Waals surface area (Å²) < 4.78 is 0. The minimum atomic E-state index is -0.0203. The Morgan fingerprint density at radius 1 is 1.38 bits per heavy atom. The smallest absolute Gasteiger partial charge is 0.241 e. The van der Waals surface area contributed by atoms with E-state index >= 15 is 0 Å². The second kappa shape index (κ2) is 4.72. The van der Waals surface area contributed by atoms with Crippen molar-refractivity contribution in [2.24, 2.45) is 0 Å². The molecule has 1 saturated heterocycles. The van der Waals surface area contributed by atoms with Gasteiger partial charge in [-0.1, -0.05) is 0 Å². The van der Waals surface area contributed by atoms with Crippen LogP contribution < -0.4 is 5.32 Å². The van der Waals surface area contributed by atoms with Crippen molar-refractivity contribution in [1.82, 2.24) is 15.1 Å². The maximum absolute atomic E-state index is 12.3. The van der Waals surface area contributed by atoms with Gasteiger partial charge in [0, 0.05) is 25.2 Å². The summed E-state index contributed by atoms with van der Waals surface area (Å²) in [7, 11) is 4.04. The van der Waals surface area contributed by atoms with Crippen molar-refractivity contribution in [3.63, 3.8) is 0 Å². The van der Waals surface area contributed by atoms with E-state index in [4.69, 9.17) is 0 Å². The van der Waals surface area contributed by atoms with E-state index < -0.39 is 0 Å². The van der Waals surface area contributed by atoms with E-state index in [0.29, 0.717) is 18.0 Å². The van der Waals surface area contributed by atoms with Gasteiger partial charge in [-0.05, 0) is 40.3 Å². The lowest BCUT2D eigenvalue weighted by atomic mass is 10.2. The van der Waals surface area contributed by atoms with Crippen molar-refractivity contribution in [3.05, 3.63) is 0 Å². The van der Waals surface area contributed by atoms with Gasteiger partial charge in [0.05, 0.1) is 6.04 Å². The van der Waals surface area contributed by atoms with Crippen LogP contribution in [-0.2, 0) is 4.79 Å². The number of carbonyl (C=O) groups is 1. The van der Waals surface area contributed by atoms with E-state index in [9.17, 15) is 4.79 Å². The van der Waals surface area contributed by atoms with Gasteiger partial charge in [-0.25, -0.2) is 0 Å². The highest BCUT2D eigenvalue weighted by Gasteiger charge is 2.37. The first kappa shape index (κ1) is 11.9. The van der Waals surface area contributed by atoms with Gasteiger partial charge in [-0.15, -0.1) is 0 Å².